The summed E-state index contributed by atoms with van der Waals surface area (Å²) in [6.07, 6.45) is 6.50. The van der Waals surface area contributed by atoms with Gasteiger partial charge in [0.15, 0.2) is 0 Å². The molecule has 0 spiro atoms. The Labute approximate surface area is 106 Å². The van der Waals surface area contributed by atoms with E-state index in [1.54, 1.807) is 6.20 Å². The number of nitrogens with one attached hydrogen (secondary N) is 1. The van der Waals surface area contributed by atoms with Crippen molar-refractivity contribution in [1.29, 1.82) is 0 Å². The maximum Gasteiger partial charge on any atom is 0.233 e. The van der Waals surface area contributed by atoms with Gasteiger partial charge in [-0.3, -0.25) is 4.79 Å². The highest BCUT2D eigenvalue weighted by atomic mass is 32.2. The van der Waals surface area contributed by atoms with Gasteiger partial charge in [-0.25, -0.2) is 4.98 Å². The van der Waals surface area contributed by atoms with Gasteiger partial charge in [-0.2, -0.15) is 0 Å². The molecule has 1 fully saturated rings. The molecule has 2 rings (SSSR count). The third kappa shape index (κ3) is 3.73. The highest BCUT2D eigenvalue weighted by molar-refractivity contribution is 8.00. The third-order valence-corrected chi connectivity index (χ3v) is 4.06. The predicted molar refractivity (Wildman–Crippen MR) is 70.0 cm³/mol. The maximum atomic E-state index is 11.9. The van der Waals surface area contributed by atoms with Gasteiger partial charge in [-0.05, 0) is 31.9 Å². The van der Waals surface area contributed by atoms with E-state index in [2.05, 4.69) is 10.3 Å². The van der Waals surface area contributed by atoms with Crippen LogP contribution in [0.15, 0.2) is 29.4 Å². The lowest BCUT2D eigenvalue weighted by molar-refractivity contribution is -0.120. The van der Waals surface area contributed by atoms with Crippen LogP contribution < -0.4 is 5.32 Å². The topological polar surface area (TPSA) is 42.0 Å². The molecule has 1 saturated carbocycles. The number of carbonyl (C=O) groups excluding carboxylic acids is 1. The molecule has 1 amide bonds. The van der Waals surface area contributed by atoms with E-state index in [0.717, 1.165) is 17.9 Å². The molecule has 1 N–H and O–H groups in total. The van der Waals surface area contributed by atoms with Crippen molar-refractivity contribution in [2.75, 3.05) is 0 Å². The van der Waals surface area contributed by atoms with Gasteiger partial charge in [0.2, 0.25) is 5.91 Å². The predicted octanol–water partition coefficient (Wildman–Crippen LogP) is 2.62. The fraction of sp³-hybridized carbons (Fsp3) is 0.538. The average molecular weight is 250 g/mol. The molecule has 4 heteroatoms. The summed E-state index contributed by atoms with van der Waals surface area (Å²) in [4.78, 5) is 16.2. The lowest BCUT2D eigenvalue weighted by Crippen LogP contribution is -2.37. The Morgan fingerprint density at radius 2 is 2.24 bits per heavy atom. The SMILES string of the molecule is C[C@@H](Sc1ccccn1)C(=O)NC1CCCC1. The number of rotatable bonds is 4. The van der Waals surface area contributed by atoms with Crippen LogP contribution >= 0.6 is 11.8 Å². The highest BCUT2D eigenvalue weighted by Gasteiger charge is 2.21. The van der Waals surface area contributed by atoms with Gasteiger partial charge in [-0.1, -0.05) is 30.7 Å². The molecule has 1 heterocycles. The zero-order valence-corrected chi connectivity index (χ0v) is 10.9. The molecule has 1 aromatic heterocycles. The van der Waals surface area contributed by atoms with E-state index in [1.807, 2.05) is 25.1 Å². The van der Waals surface area contributed by atoms with Crippen molar-refractivity contribution in [3.05, 3.63) is 24.4 Å². The lowest BCUT2D eigenvalue weighted by atomic mass is 10.2. The van der Waals surface area contributed by atoms with Gasteiger partial charge in [0.1, 0.15) is 0 Å². The fourth-order valence-electron chi connectivity index (χ4n) is 2.04. The van der Waals surface area contributed by atoms with Gasteiger partial charge >= 0.3 is 0 Å². The minimum absolute atomic E-state index is 0.0782. The number of hydrogen-bond acceptors (Lipinski definition) is 3. The average Bonchev–Trinajstić information content (AvgIpc) is 2.83. The molecule has 3 nitrogen and oxygen atoms in total. The summed E-state index contributed by atoms with van der Waals surface area (Å²) in [6.45, 7) is 1.93. The molecular weight excluding hydrogens is 232 g/mol. The van der Waals surface area contributed by atoms with E-state index < -0.39 is 0 Å². The van der Waals surface area contributed by atoms with E-state index in [4.69, 9.17) is 0 Å². The van der Waals surface area contributed by atoms with Crippen molar-refractivity contribution in [2.24, 2.45) is 0 Å². The van der Waals surface area contributed by atoms with Crippen LogP contribution in [-0.2, 0) is 4.79 Å². The monoisotopic (exact) mass is 250 g/mol. The molecule has 92 valence electrons. The first-order valence-electron chi connectivity index (χ1n) is 6.14. The Morgan fingerprint density at radius 3 is 2.88 bits per heavy atom. The molecule has 0 aliphatic heterocycles. The molecule has 0 bridgehead atoms. The largest absolute Gasteiger partial charge is 0.352 e. The van der Waals surface area contributed by atoms with Crippen molar-refractivity contribution in [1.82, 2.24) is 10.3 Å². The van der Waals surface area contributed by atoms with Gasteiger partial charge in [0.05, 0.1) is 10.3 Å². The number of aromatic nitrogens is 1. The Hall–Kier alpha value is -1.03. The number of amides is 1. The standard InChI is InChI=1S/C13H18N2OS/c1-10(17-12-8-4-5-9-14-12)13(16)15-11-6-2-3-7-11/h4-5,8-11H,2-3,6-7H2,1H3,(H,15,16)/t10-/m1/s1. The quantitative estimate of drug-likeness (QED) is 0.835. The molecule has 17 heavy (non-hydrogen) atoms. The Kier molecular flexibility index (Phi) is 4.42. The summed E-state index contributed by atoms with van der Waals surface area (Å²) in [6, 6.07) is 6.16. The Morgan fingerprint density at radius 1 is 1.47 bits per heavy atom. The molecule has 1 aliphatic carbocycles. The molecule has 1 aliphatic rings. The van der Waals surface area contributed by atoms with E-state index in [9.17, 15) is 4.79 Å². The first kappa shape index (κ1) is 12.4. The number of pyridine rings is 1. The van der Waals surface area contributed by atoms with Gasteiger partial charge in [0.25, 0.3) is 0 Å². The summed E-state index contributed by atoms with van der Waals surface area (Å²) < 4.78 is 0. The molecule has 0 unspecified atom stereocenters. The van der Waals surface area contributed by atoms with Crippen LogP contribution in [0.2, 0.25) is 0 Å². The zero-order valence-electron chi connectivity index (χ0n) is 10.1. The van der Waals surface area contributed by atoms with Crippen molar-refractivity contribution in [3.8, 4) is 0 Å². The minimum atomic E-state index is -0.0782. The minimum Gasteiger partial charge on any atom is -0.352 e. The van der Waals surface area contributed by atoms with Crippen LogP contribution in [0.25, 0.3) is 0 Å². The van der Waals surface area contributed by atoms with E-state index >= 15 is 0 Å². The second-order valence-corrected chi connectivity index (χ2v) is 5.78. The number of thioether (sulfide) groups is 1. The second kappa shape index (κ2) is 6.05. The molecule has 0 radical (unpaired) electrons. The summed E-state index contributed by atoms with van der Waals surface area (Å²) in [5.74, 6) is 0.132. The van der Waals surface area contributed by atoms with Crippen LogP contribution in [0.1, 0.15) is 32.6 Å². The molecule has 1 atom stereocenters. The molecule has 0 aromatic carbocycles. The van der Waals surface area contributed by atoms with Gasteiger partial charge in [-0.15, -0.1) is 0 Å². The maximum absolute atomic E-state index is 11.9. The molecular formula is C13H18N2OS. The van der Waals surface area contributed by atoms with Gasteiger partial charge < -0.3 is 5.32 Å². The molecule has 1 aromatic rings. The number of nitrogens with zero attached hydrogens (tertiary/aromatic N) is 1. The van der Waals surface area contributed by atoms with Gasteiger partial charge in [0, 0.05) is 12.2 Å². The normalized spacial score (nSPS) is 17.9. The zero-order chi connectivity index (χ0) is 12.1. The highest BCUT2D eigenvalue weighted by Crippen LogP contribution is 2.22. The second-order valence-electron chi connectivity index (χ2n) is 4.42. The van der Waals surface area contributed by atoms with Crippen LogP contribution in [0.4, 0.5) is 0 Å². The van der Waals surface area contributed by atoms with Crippen LogP contribution in [0.3, 0.4) is 0 Å². The first-order valence-corrected chi connectivity index (χ1v) is 7.02. The van der Waals surface area contributed by atoms with Crippen molar-refractivity contribution in [3.63, 3.8) is 0 Å². The van der Waals surface area contributed by atoms with Crippen LogP contribution in [-0.4, -0.2) is 22.2 Å². The van der Waals surface area contributed by atoms with Crippen LogP contribution in [0, 0.1) is 0 Å². The van der Waals surface area contributed by atoms with Crippen molar-refractivity contribution < 1.29 is 4.79 Å². The Bertz CT molecular complexity index is 363. The van der Waals surface area contributed by atoms with E-state index in [1.165, 1.54) is 24.6 Å². The molecule has 0 saturated heterocycles. The van der Waals surface area contributed by atoms with Crippen molar-refractivity contribution in [2.45, 2.75) is 48.9 Å². The summed E-state index contributed by atoms with van der Waals surface area (Å²) >= 11 is 1.51. The Balaban J connectivity index is 1.82. The smallest absolute Gasteiger partial charge is 0.233 e. The van der Waals surface area contributed by atoms with Crippen LogP contribution in [0.5, 0.6) is 0 Å². The number of hydrogen-bond donors (Lipinski definition) is 1. The van der Waals surface area contributed by atoms with E-state index in [0.29, 0.717) is 6.04 Å². The number of carbonyl (C=O) groups is 1. The summed E-state index contributed by atoms with van der Waals surface area (Å²) in [7, 11) is 0. The summed E-state index contributed by atoms with van der Waals surface area (Å²) in [5.41, 5.74) is 0. The lowest BCUT2D eigenvalue weighted by Gasteiger charge is -2.15. The summed E-state index contributed by atoms with van der Waals surface area (Å²) in [5, 5.41) is 3.94. The first-order chi connectivity index (χ1) is 8.25. The van der Waals surface area contributed by atoms with Crippen molar-refractivity contribution >= 4 is 17.7 Å². The third-order valence-electron chi connectivity index (χ3n) is 3.01. The van der Waals surface area contributed by atoms with E-state index in [-0.39, 0.29) is 11.2 Å². The fourth-order valence-corrected chi connectivity index (χ4v) is 2.86.